The first-order valence-electron chi connectivity index (χ1n) is 16.0. The first-order chi connectivity index (χ1) is 19.0. The molecule has 0 atom stereocenters. The number of carbonyl (C=O) groups excluding carboxylic acids is 3. The quantitative estimate of drug-likeness (QED) is 0.0959. The number of quaternary nitrogens is 1. The van der Waals surface area contributed by atoms with Crippen molar-refractivity contribution in [3.05, 3.63) is 0 Å². The van der Waals surface area contributed by atoms with Gasteiger partial charge in [0.05, 0.1) is 19.8 Å². The summed E-state index contributed by atoms with van der Waals surface area (Å²) in [7, 11) is 0. The van der Waals surface area contributed by atoms with Crippen LogP contribution in [0.25, 0.3) is 0 Å². The third-order valence-electron chi connectivity index (χ3n) is 6.48. The number of rotatable bonds is 27. The maximum Gasteiger partial charge on any atom is 0.305 e. The maximum absolute atomic E-state index is 11.4. The monoisotopic (exact) mass is 558 g/mol. The van der Waals surface area contributed by atoms with Crippen LogP contribution in [-0.2, 0) is 19.1 Å². The Kier molecular flexibility index (Phi) is 34.5. The smallest absolute Gasteiger partial charge is 0.305 e. The zero-order valence-electron chi connectivity index (χ0n) is 25.5. The van der Waals surface area contributed by atoms with Gasteiger partial charge in [0.1, 0.15) is 6.09 Å². The number of esters is 2. The van der Waals surface area contributed by atoms with Crippen LogP contribution in [0, 0.1) is 0 Å². The van der Waals surface area contributed by atoms with Crippen LogP contribution in [0.1, 0.15) is 155 Å². The van der Waals surface area contributed by atoms with Crippen LogP contribution in [0.3, 0.4) is 0 Å². The van der Waals surface area contributed by atoms with Crippen molar-refractivity contribution in [2.75, 3.05) is 26.3 Å². The minimum atomic E-state index is -1.23. The molecule has 0 aliphatic rings. The number of amides is 1. The molecule has 8 nitrogen and oxygen atoms in total. The number of carboxylic acid groups (broad SMARTS) is 1. The topological polar surface area (TPSA) is 132 Å². The molecule has 0 saturated carbocycles. The second-order valence-electron chi connectivity index (χ2n) is 10.4. The van der Waals surface area contributed by atoms with Crippen LogP contribution in [0.4, 0.5) is 4.79 Å². The zero-order chi connectivity index (χ0) is 29.2. The maximum atomic E-state index is 11.4. The second kappa shape index (κ2) is 34.2. The fraction of sp³-hybridized carbons (Fsp3) is 0.903. The van der Waals surface area contributed by atoms with E-state index < -0.39 is 6.09 Å². The zero-order valence-corrected chi connectivity index (χ0v) is 25.5. The molecule has 0 fully saturated rings. The Hall–Kier alpha value is -1.83. The van der Waals surface area contributed by atoms with Gasteiger partial charge in [0.25, 0.3) is 0 Å². The number of carbonyl (C=O) groups is 3. The molecule has 1 amide bonds. The molecule has 0 bridgehead atoms. The third-order valence-corrected chi connectivity index (χ3v) is 6.48. The van der Waals surface area contributed by atoms with Crippen molar-refractivity contribution >= 4 is 18.0 Å². The molecule has 0 aromatic rings. The lowest BCUT2D eigenvalue weighted by atomic mass is 10.1. The summed E-state index contributed by atoms with van der Waals surface area (Å²) in [6.45, 7) is 7.00. The number of unbranched alkanes of at least 4 members (excludes halogenated alkanes) is 16. The van der Waals surface area contributed by atoms with E-state index in [1.807, 2.05) is 0 Å². The predicted molar refractivity (Wildman–Crippen MR) is 156 cm³/mol. The lowest BCUT2D eigenvalue weighted by Gasteiger charge is -2.06. The average molecular weight is 559 g/mol. The largest absolute Gasteiger partial charge is 0.530 e. The first kappa shape index (κ1) is 39.3. The summed E-state index contributed by atoms with van der Waals surface area (Å²) in [5.74, 6) is -0.130. The summed E-state index contributed by atoms with van der Waals surface area (Å²) >= 11 is 0. The Labute approximate surface area is 239 Å². The summed E-state index contributed by atoms with van der Waals surface area (Å²) in [6.07, 6.45) is 22.2. The Balaban J connectivity index is 0. The van der Waals surface area contributed by atoms with Crippen LogP contribution in [0.5, 0.6) is 0 Å². The molecule has 0 heterocycles. The second-order valence-corrected chi connectivity index (χ2v) is 10.4. The van der Waals surface area contributed by atoms with Crippen LogP contribution in [0.2, 0.25) is 0 Å². The van der Waals surface area contributed by atoms with E-state index >= 15 is 0 Å². The molecule has 0 aromatic heterocycles. The van der Waals surface area contributed by atoms with Crippen molar-refractivity contribution in [3.8, 4) is 0 Å². The first-order valence-corrected chi connectivity index (χ1v) is 16.0. The lowest BCUT2D eigenvalue weighted by molar-refractivity contribution is -0.368. The molecule has 0 saturated heterocycles. The van der Waals surface area contributed by atoms with Crippen LogP contribution >= 0.6 is 0 Å². The molecule has 0 aliphatic carbocycles. The molecule has 0 aliphatic heterocycles. The van der Waals surface area contributed by atoms with Crippen molar-refractivity contribution in [2.45, 2.75) is 155 Å². The van der Waals surface area contributed by atoms with Gasteiger partial charge in [-0.3, -0.25) is 9.59 Å². The molecule has 0 radical (unpaired) electrons. The van der Waals surface area contributed by atoms with Gasteiger partial charge < -0.3 is 30.4 Å². The highest BCUT2D eigenvalue weighted by molar-refractivity contribution is 5.69. The number of hydrogen-bond donors (Lipinski definition) is 2. The molecular weight excluding hydrogens is 496 g/mol. The highest BCUT2D eigenvalue weighted by Gasteiger charge is 2.03. The van der Waals surface area contributed by atoms with Crippen molar-refractivity contribution in [3.63, 3.8) is 0 Å². The Morgan fingerprint density at radius 1 is 0.564 bits per heavy atom. The Morgan fingerprint density at radius 2 is 0.949 bits per heavy atom. The number of ether oxygens (including phenoxy) is 2. The summed E-state index contributed by atoms with van der Waals surface area (Å²) in [5, 5.41) is 12.3. The van der Waals surface area contributed by atoms with Gasteiger partial charge >= 0.3 is 11.9 Å². The highest BCUT2D eigenvalue weighted by Crippen LogP contribution is 2.08. The van der Waals surface area contributed by atoms with Crippen molar-refractivity contribution in [2.24, 2.45) is 0 Å². The molecule has 0 spiro atoms. The van der Waals surface area contributed by atoms with Gasteiger partial charge in [0.15, 0.2) is 0 Å². The number of hydrogen-bond acceptors (Lipinski definition) is 6. The third kappa shape index (κ3) is 38.4. The number of nitrogens with one attached hydrogen (secondary N) is 1. The molecule has 0 unspecified atom stereocenters. The van der Waals surface area contributed by atoms with Gasteiger partial charge in [-0.25, -0.2) is 0 Å². The van der Waals surface area contributed by atoms with Crippen LogP contribution in [-0.4, -0.2) is 44.3 Å². The predicted octanol–water partition coefficient (Wildman–Crippen LogP) is 5.86. The van der Waals surface area contributed by atoms with E-state index in [0.717, 1.165) is 64.3 Å². The minimum Gasteiger partial charge on any atom is -0.530 e. The summed E-state index contributed by atoms with van der Waals surface area (Å²) in [5.41, 5.74) is 3.80. The van der Waals surface area contributed by atoms with Gasteiger partial charge in [-0.2, -0.15) is 0 Å². The van der Waals surface area contributed by atoms with E-state index in [1.165, 1.54) is 70.6 Å². The van der Waals surface area contributed by atoms with E-state index in [4.69, 9.17) is 9.47 Å². The van der Waals surface area contributed by atoms with E-state index in [1.54, 1.807) is 0 Å². The van der Waals surface area contributed by atoms with E-state index in [2.05, 4.69) is 24.9 Å². The van der Waals surface area contributed by atoms with Crippen molar-refractivity contribution in [1.29, 1.82) is 0 Å². The van der Waals surface area contributed by atoms with Gasteiger partial charge in [-0.05, 0) is 44.9 Å². The van der Waals surface area contributed by atoms with E-state index in [-0.39, 0.29) is 11.9 Å². The van der Waals surface area contributed by atoms with Gasteiger partial charge in [0.2, 0.25) is 0 Å². The van der Waals surface area contributed by atoms with Crippen LogP contribution < -0.4 is 16.2 Å². The van der Waals surface area contributed by atoms with E-state index in [9.17, 15) is 19.5 Å². The Bertz CT molecular complexity index is 545. The van der Waals surface area contributed by atoms with Gasteiger partial charge in [-0.15, -0.1) is 0 Å². The summed E-state index contributed by atoms with van der Waals surface area (Å²) < 4.78 is 10.4. The summed E-state index contributed by atoms with van der Waals surface area (Å²) in [6, 6.07) is 0. The van der Waals surface area contributed by atoms with Crippen molar-refractivity contribution < 1.29 is 34.7 Å². The molecule has 4 N–H and O–H groups in total. The van der Waals surface area contributed by atoms with Gasteiger partial charge in [0, 0.05) is 19.4 Å². The van der Waals surface area contributed by atoms with Gasteiger partial charge in [-0.1, -0.05) is 97.3 Å². The molecule has 0 aromatic carbocycles. The van der Waals surface area contributed by atoms with E-state index in [0.29, 0.717) is 32.6 Å². The van der Waals surface area contributed by atoms with Crippen LogP contribution in [0.15, 0.2) is 0 Å². The minimum absolute atomic E-state index is 0.0156. The average Bonchev–Trinajstić information content (AvgIpc) is 2.91. The standard InChI is InChI=1S/C16H31NO4.C15H31NO2/c1-2-3-4-5-8-11-14-21-15(18)12-9-6-7-10-13-17-16(19)20;1-2-3-4-5-8-11-14-18-15(17)12-9-6-7-10-13-16/h17H,2-14H2,1H3,(H,19,20);2-14,16H2,1H3. The molecule has 0 rings (SSSR count). The highest BCUT2D eigenvalue weighted by atomic mass is 16.5. The fourth-order valence-electron chi connectivity index (χ4n) is 4.02. The molecule has 232 valence electrons. The Morgan fingerprint density at radius 3 is 1.38 bits per heavy atom. The fourth-order valence-corrected chi connectivity index (χ4v) is 4.02. The SMILES string of the molecule is CCCCCCCCOC(=O)CCCCCCNC(=O)[O-].CCCCCCCCOC(=O)CCCCCC[NH3+]. The molecule has 8 heteroatoms. The molecule has 39 heavy (non-hydrogen) atoms. The molecular formula is C31H62N2O6. The normalized spacial score (nSPS) is 10.4. The van der Waals surface area contributed by atoms with Crippen molar-refractivity contribution in [1.82, 2.24) is 5.32 Å². The lowest BCUT2D eigenvalue weighted by Crippen LogP contribution is -2.50. The summed E-state index contributed by atoms with van der Waals surface area (Å²) in [4.78, 5) is 32.9.